The van der Waals surface area contributed by atoms with Crippen molar-refractivity contribution in [3.8, 4) is 0 Å². The molecule has 0 aromatic carbocycles. The lowest BCUT2D eigenvalue weighted by molar-refractivity contribution is -0.122. The van der Waals surface area contributed by atoms with Crippen LogP contribution in [0.15, 0.2) is 0 Å². The summed E-state index contributed by atoms with van der Waals surface area (Å²) in [6.07, 6.45) is 1.99. The number of carbonyl (C=O) groups is 1. The van der Waals surface area contributed by atoms with E-state index >= 15 is 0 Å². The summed E-state index contributed by atoms with van der Waals surface area (Å²) in [6, 6.07) is 0. The number of hydrogen-bond acceptors (Lipinski definition) is 2. The van der Waals surface area contributed by atoms with Crippen LogP contribution in [0.4, 0.5) is 0 Å². The molecule has 0 radical (unpaired) electrons. The lowest BCUT2D eigenvalue weighted by Gasteiger charge is -2.03. The highest BCUT2D eigenvalue weighted by atomic mass is 16.2. The summed E-state index contributed by atoms with van der Waals surface area (Å²) in [6.45, 7) is 1.81. The van der Waals surface area contributed by atoms with Gasteiger partial charge in [0.1, 0.15) is 0 Å². The van der Waals surface area contributed by atoms with Crippen LogP contribution in [0.3, 0.4) is 0 Å². The summed E-state index contributed by atoms with van der Waals surface area (Å²) in [5.74, 6) is 0.503. The van der Waals surface area contributed by atoms with Gasteiger partial charge in [0.15, 0.2) is 0 Å². The number of nitrogens with one attached hydrogen (secondary N) is 2. The minimum absolute atomic E-state index is 0.232. The van der Waals surface area contributed by atoms with E-state index in [1.54, 1.807) is 0 Å². The molecule has 0 spiro atoms. The van der Waals surface area contributed by atoms with Gasteiger partial charge in [0.25, 0.3) is 0 Å². The predicted molar refractivity (Wildman–Crippen MR) is 39.7 cm³/mol. The van der Waals surface area contributed by atoms with E-state index in [9.17, 15) is 4.79 Å². The highest BCUT2D eigenvalue weighted by Crippen LogP contribution is 2.12. The van der Waals surface area contributed by atoms with Crippen molar-refractivity contribution >= 4 is 5.91 Å². The Bertz CT molecular complexity index is 125. The maximum atomic E-state index is 10.9. The van der Waals surface area contributed by atoms with E-state index in [4.69, 9.17) is 0 Å². The molecular weight excluding hydrogens is 128 g/mol. The third-order valence-electron chi connectivity index (χ3n) is 1.91. The SMILES string of the molecule is CNCC[C@H]1CCNC1=O. The van der Waals surface area contributed by atoms with Crippen molar-refractivity contribution < 1.29 is 4.79 Å². The van der Waals surface area contributed by atoms with Gasteiger partial charge in [-0.25, -0.2) is 0 Å². The summed E-state index contributed by atoms with van der Waals surface area (Å²) in [4.78, 5) is 10.9. The molecule has 10 heavy (non-hydrogen) atoms. The van der Waals surface area contributed by atoms with Crippen LogP contribution in [0.5, 0.6) is 0 Å². The summed E-state index contributed by atoms with van der Waals surface area (Å²) in [7, 11) is 1.91. The average molecular weight is 142 g/mol. The molecule has 0 bridgehead atoms. The number of amides is 1. The molecule has 1 atom stereocenters. The molecule has 1 heterocycles. The molecule has 0 aliphatic carbocycles. The highest BCUT2D eigenvalue weighted by molar-refractivity contribution is 5.80. The molecule has 1 saturated heterocycles. The molecule has 3 heteroatoms. The Morgan fingerprint density at radius 3 is 3.10 bits per heavy atom. The number of hydrogen-bond donors (Lipinski definition) is 2. The molecular formula is C7H14N2O. The standard InChI is InChI=1S/C7H14N2O/c1-8-4-2-6-3-5-9-7(6)10/h6,8H,2-5H2,1H3,(H,9,10)/t6-/m0/s1. The highest BCUT2D eigenvalue weighted by Gasteiger charge is 2.22. The maximum Gasteiger partial charge on any atom is 0.223 e. The second-order valence-electron chi connectivity index (χ2n) is 2.67. The second-order valence-corrected chi connectivity index (χ2v) is 2.67. The molecule has 1 aliphatic heterocycles. The van der Waals surface area contributed by atoms with Gasteiger partial charge in [-0.3, -0.25) is 4.79 Å². The van der Waals surface area contributed by atoms with Crippen molar-refractivity contribution in [1.82, 2.24) is 10.6 Å². The van der Waals surface area contributed by atoms with Crippen LogP contribution in [0.25, 0.3) is 0 Å². The first-order chi connectivity index (χ1) is 4.84. The van der Waals surface area contributed by atoms with E-state index in [0.29, 0.717) is 0 Å². The van der Waals surface area contributed by atoms with Crippen LogP contribution >= 0.6 is 0 Å². The van der Waals surface area contributed by atoms with Gasteiger partial charge < -0.3 is 10.6 Å². The molecule has 2 N–H and O–H groups in total. The smallest absolute Gasteiger partial charge is 0.223 e. The minimum Gasteiger partial charge on any atom is -0.356 e. The average Bonchev–Trinajstić information content (AvgIpc) is 2.31. The summed E-state index contributed by atoms with van der Waals surface area (Å²) in [5.41, 5.74) is 0. The summed E-state index contributed by atoms with van der Waals surface area (Å²) in [5, 5.41) is 5.85. The first-order valence-electron chi connectivity index (χ1n) is 3.77. The summed E-state index contributed by atoms with van der Waals surface area (Å²) >= 11 is 0. The first-order valence-corrected chi connectivity index (χ1v) is 3.77. The maximum absolute atomic E-state index is 10.9. The largest absolute Gasteiger partial charge is 0.356 e. The van der Waals surface area contributed by atoms with Gasteiger partial charge >= 0.3 is 0 Å². The Hall–Kier alpha value is -0.570. The molecule has 0 aromatic rings. The zero-order valence-electron chi connectivity index (χ0n) is 6.31. The molecule has 3 nitrogen and oxygen atoms in total. The van der Waals surface area contributed by atoms with Gasteiger partial charge in [-0.05, 0) is 26.4 Å². The molecule has 1 fully saturated rings. The molecule has 0 aromatic heterocycles. The number of carbonyl (C=O) groups excluding carboxylic acids is 1. The van der Waals surface area contributed by atoms with Crippen LogP contribution in [-0.4, -0.2) is 26.0 Å². The lowest BCUT2D eigenvalue weighted by atomic mass is 10.0. The van der Waals surface area contributed by atoms with Crippen molar-refractivity contribution in [2.24, 2.45) is 5.92 Å². The molecule has 1 aliphatic rings. The molecule has 1 rings (SSSR count). The lowest BCUT2D eigenvalue weighted by Crippen LogP contribution is -2.21. The Morgan fingerprint density at radius 1 is 1.80 bits per heavy atom. The fourth-order valence-corrected chi connectivity index (χ4v) is 1.24. The van der Waals surface area contributed by atoms with E-state index in [2.05, 4.69) is 10.6 Å². The fourth-order valence-electron chi connectivity index (χ4n) is 1.24. The van der Waals surface area contributed by atoms with Crippen molar-refractivity contribution in [3.63, 3.8) is 0 Å². The van der Waals surface area contributed by atoms with Crippen LogP contribution < -0.4 is 10.6 Å². The van der Waals surface area contributed by atoms with E-state index in [0.717, 1.165) is 25.9 Å². The van der Waals surface area contributed by atoms with Gasteiger partial charge in [-0.15, -0.1) is 0 Å². The van der Waals surface area contributed by atoms with E-state index < -0.39 is 0 Å². The van der Waals surface area contributed by atoms with Crippen LogP contribution in [0.2, 0.25) is 0 Å². The van der Waals surface area contributed by atoms with Gasteiger partial charge in [-0.1, -0.05) is 0 Å². The Balaban J connectivity index is 2.20. The van der Waals surface area contributed by atoms with Crippen molar-refractivity contribution in [2.75, 3.05) is 20.1 Å². The molecule has 0 unspecified atom stereocenters. The predicted octanol–water partition coefficient (Wildman–Crippen LogP) is -0.268. The summed E-state index contributed by atoms with van der Waals surface area (Å²) < 4.78 is 0. The Kier molecular flexibility index (Phi) is 2.68. The van der Waals surface area contributed by atoms with Crippen LogP contribution in [-0.2, 0) is 4.79 Å². The van der Waals surface area contributed by atoms with Gasteiger partial charge in [0.2, 0.25) is 5.91 Å². The van der Waals surface area contributed by atoms with Crippen molar-refractivity contribution in [1.29, 1.82) is 0 Å². The van der Waals surface area contributed by atoms with E-state index in [1.165, 1.54) is 0 Å². The Morgan fingerprint density at radius 2 is 2.60 bits per heavy atom. The molecule has 0 saturated carbocycles. The van der Waals surface area contributed by atoms with E-state index in [1.807, 2.05) is 7.05 Å². The topological polar surface area (TPSA) is 41.1 Å². The zero-order chi connectivity index (χ0) is 7.40. The fraction of sp³-hybridized carbons (Fsp3) is 0.857. The first kappa shape index (κ1) is 7.54. The monoisotopic (exact) mass is 142 g/mol. The van der Waals surface area contributed by atoms with E-state index in [-0.39, 0.29) is 11.8 Å². The Labute approximate surface area is 61.2 Å². The van der Waals surface area contributed by atoms with Gasteiger partial charge in [-0.2, -0.15) is 0 Å². The normalized spacial score (nSPS) is 24.9. The third-order valence-corrected chi connectivity index (χ3v) is 1.91. The minimum atomic E-state index is 0.232. The van der Waals surface area contributed by atoms with Crippen molar-refractivity contribution in [2.45, 2.75) is 12.8 Å². The number of rotatable bonds is 3. The van der Waals surface area contributed by atoms with Crippen LogP contribution in [0.1, 0.15) is 12.8 Å². The van der Waals surface area contributed by atoms with Crippen molar-refractivity contribution in [3.05, 3.63) is 0 Å². The quantitative estimate of drug-likeness (QED) is 0.569. The van der Waals surface area contributed by atoms with Crippen LogP contribution in [0, 0.1) is 5.92 Å². The molecule has 1 amide bonds. The second kappa shape index (κ2) is 3.56. The van der Waals surface area contributed by atoms with Gasteiger partial charge in [0.05, 0.1) is 0 Å². The van der Waals surface area contributed by atoms with Gasteiger partial charge in [0, 0.05) is 12.5 Å². The molecule has 58 valence electrons. The zero-order valence-corrected chi connectivity index (χ0v) is 6.31. The third kappa shape index (κ3) is 1.70.